The molecule has 146 valence electrons. The van der Waals surface area contributed by atoms with Gasteiger partial charge in [0.15, 0.2) is 17.3 Å². The quantitative estimate of drug-likeness (QED) is 0.556. The number of ketones is 3. The highest BCUT2D eigenvalue weighted by Crippen LogP contribution is 2.34. The lowest BCUT2D eigenvalue weighted by atomic mass is 9.70. The molecule has 8 heteroatoms. The fraction of sp³-hybridized carbons (Fsp3) is 0.579. The van der Waals surface area contributed by atoms with Crippen molar-refractivity contribution in [1.82, 2.24) is 14.7 Å². The zero-order valence-electron chi connectivity index (χ0n) is 16.4. The molecule has 27 heavy (non-hydrogen) atoms. The third-order valence-electron chi connectivity index (χ3n) is 4.61. The summed E-state index contributed by atoms with van der Waals surface area (Å²) in [6.07, 6.45) is 0.280. The fourth-order valence-electron chi connectivity index (χ4n) is 3.27. The van der Waals surface area contributed by atoms with Crippen LogP contribution in [-0.4, -0.2) is 52.0 Å². The average molecular weight is 375 g/mol. The molecule has 0 spiro atoms. The number of aryl methyl sites for hydroxylation is 2. The van der Waals surface area contributed by atoms with Crippen molar-refractivity contribution >= 4 is 23.3 Å². The van der Waals surface area contributed by atoms with Crippen molar-refractivity contribution in [3.05, 3.63) is 27.7 Å². The van der Waals surface area contributed by atoms with Gasteiger partial charge < -0.3 is 4.90 Å². The second-order valence-electron chi connectivity index (χ2n) is 8.01. The molecule has 0 bridgehead atoms. The monoisotopic (exact) mass is 375 g/mol. The molecule has 1 aliphatic carbocycles. The molecule has 1 fully saturated rings. The minimum Gasteiger partial charge on any atom is -0.349 e. The maximum absolute atomic E-state index is 12.8. The molecule has 0 aromatic carbocycles. The van der Waals surface area contributed by atoms with E-state index in [4.69, 9.17) is 0 Å². The molecule has 1 aromatic rings. The van der Waals surface area contributed by atoms with Gasteiger partial charge in [0, 0.05) is 33.4 Å². The zero-order valence-corrected chi connectivity index (χ0v) is 16.4. The molecular weight excluding hydrogens is 350 g/mol. The van der Waals surface area contributed by atoms with Crippen LogP contribution in [0.4, 0.5) is 0 Å². The van der Waals surface area contributed by atoms with Crippen molar-refractivity contribution in [3.63, 3.8) is 0 Å². The van der Waals surface area contributed by atoms with E-state index < -0.39 is 34.2 Å². The first-order valence-electron chi connectivity index (χ1n) is 8.81. The maximum atomic E-state index is 12.8. The molecule has 2 rings (SSSR count). The van der Waals surface area contributed by atoms with E-state index >= 15 is 0 Å². The van der Waals surface area contributed by atoms with E-state index in [1.165, 1.54) is 11.0 Å². The smallest absolute Gasteiger partial charge is 0.277 e. The van der Waals surface area contributed by atoms with Gasteiger partial charge in [0.2, 0.25) is 5.91 Å². The highest BCUT2D eigenvalue weighted by molar-refractivity contribution is 6.25. The van der Waals surface area contributed by atoms with Gasteiger partial charge >= 0.3 is 0 Å². The number of carbonyl (C=O) groups is 4. The summed E-state index contributed by atoms with van der Waals surface area (Å²) in [5, 5.41) is 4.06. The Labute approximate surface area is 157 Å². The number of aromatic nitrogens is 2. The summed E-state index contributed by atoms with van der Waals surface area (Å²) in [6.45, 7) is 5.22. The van der Waals surface area contributed by atoms with Crippen LogP contribution >= 0.6 is 0 Å². The van der Waals surface area contributed by atoms with Crippen molar-refractivity contribution < 1.29 is 19.2 Å². The molecule has 1 amide bonds. The molecule has 0 N–H and O–H groups in total. The molecule has 8 nitrogen and oxygen atoms in total. The number of carbonyl (C=O) groups excluding carboxylic acids is 4. The summed E-state index contributed by atoms with van der Waals surface area (Å²) < 4.78 is 1.05. The maximum Gasteiger partial charge on any atom is 0.277 e. The Morgan fingerprint density at radius 1 is 1.19 bits per heavy atom. The van der Waals surface area contributed by atoms with E-state index in [0.29, 0.717) is 5.69 Å². The largest absolute Gasteiger partial charge is 0.349 e. The van der Waals surface area contributed by atoms with Crippen molar-refractivity contribution in [3.8, 4) is 0 Å². The molecule has 0 aliphatic heterocycles. The predicted octanol–water partition coefficient (Wildman–Crippen LogP) is 0.787. The Morgan fingerprint density at radius 3 is 2.26 bits per heavy atom. The van der Waals surface area contributed by atoms with Gasteiger partial charge in [-0.1, -0.05) is 13.8 Å². The minimum absolute atomic E-state index is 0.0113. The van der Waals surface area contributed by atoms with Crippen LogP contribution in [0, 0.1) is 18.3 Å². The Balaban J connectivity index is 2.34. The summed E-state index contributed by atoms with van der Waals surface area (Å²) >= 11 is 0. The summed E-state index contributed by atoms with van der Waals surface area (Å²) in [5.74, 6) is -3.29. The molecule has 0 radical (unpaired) electrons. The number of nitrogens with zero attached hydrogens (tertiary/aromatic N) is 3. The van der Waals surface area contributed by atoms with E-state index in [2.05, 4.69) is 5.10 Å². The first kappa shape index (κ1) is 20.7. The zero-order chi connectivity index (χ0) is 20.5. The van der Waals surface area contributed by atoms with Crippen LogP contribution in [0.1, 0.15) is 49.2 Å². The minimum atomic E-state index is -1.43. The van der Waals surface area contributed by atoms with E-state index in [-0.39, 0.29) is 37.3 Å². The summed E-state index contributed by atoms with van der Waals surface area (Å²) in [4.78, 5) is 63.4. The topological polar surface area (TPSA) is 106 Å². The van der Waals surface area contributed by atoms with Gasteiger partial charge in [-0.2, -0.15) is 5.10 Å². The van der Waals surface area contributed by atoms with Crippen LogP contribution in [0.5, 0.6) is 0 Å². The van der Waals surface area contributed by atoms with E-state index in [9.17, 15) is 24.0 Å². The van der Waals surface area contributed by atoms with Gasteiger partial charge in [-0.25, -0.2) is 4.68 Å². The summed E-state index contributed by atoms with van der Waals surface area (Å²) in [7, 11) is 3.21. The molecule has 1 aliphatic rings. The van der Waals surface area contributed by atoms with Gasteiger partial charge in [0.25, 0.3) is 5.56 Å². The lowest BCUT2D eigenvalue weighted by molar-refractivity contribution is -0.137. The van der Waals surface area contributed by atoms with Gasteiger partial charge in [-0.3, -0.25) is 24.0 Å². The lowest BCUT2D eigenvalue weighted by Crippen LogP contribution is -2.44. The predicted molar refractivity (Wildman–Crippen MR) is 97.4 cm³/mol. The fourth-order valence-corrected chi connectivity index (χ4v) is 3.27. The number of hydrogen-bond acceptors (Lipinski definition) is 6. The van der Waals surface area contributed by atoms with Gasteiger partial charge in [0.1, 0.15) is 5.92 Å². The van der Waals surface area contributed by atoms with Crippen molar-refractivity contribution in [2.75, 3.05) is 14.1 Å². The first-order valence-corrected chi connectivity index (χ1v) is 8.81. The highest BCUT2D eigenvalue weighted by atomic mass is 16.2. The Bertz CT molecular complexity index is 847. The summed E-state index contributed by atoms with van der Waals surface area (Å²) in [6, 6.07) is 1.30. The Morgan fingerprint density at radius 2 is 1.74 bits per heavy atom. The molecule has 0 unspecified atom stereocenters. The van der Waals surface area contributed by atoms with Crippen molar-refractivity contribution in [2.45, 2.75) is 46.6 Å². The normalized spacial score (nSPS) is 17.1. The number of amides is 1. The standard InChI is InChI=1S/C19H25N3O5/c1-11-8-12(18(27)22(20-11)7-6-15(25)21(4)5)17(26)16-13(23)9-19(2,3)10-14(16)24/h8,16H,6-7,9-10H2,1-5H3. The van der Waals surface area contributed by atoms with Gasteiger partial charge in [-0.05, 0) is 18.4 Å². The number of rotatable bonds is 5. The number of hydrogen-bond donors (Lipinski definition) is 0. The highest BCUT2D eigenvalue weighted by Gasteiger charge is 2.44. The average Bonchev–Trinajstić information content (AvgIpc) is 2.52. The van der Waals surface area contributed by atoms with E-state index in [0.717, 1.165) is 4.68 Å². The van der Waals surface area contributed by atoms with Crippen molar-refractivity contribution in [2.24, 2.45) is 11.3 Å². The Hall–Kier alpha value is -2.64. The third-order valence-corrected chi connectivity index (χ3v) is 4.61. The first-order chi connectivity index (χ1) is 12.4. The molecule has 0 saturated heterocycles. The van der Waals surface area contributed by atoms with Crippen LogP contribution in [-0.2, 0) is 20.9 Å². The van der Waals surface area contributed by atoms with E-state index in [1.54, 1.807) is 34.9 Å². The second kappa shape index (κ2) is 7.54. The van der Waals surface area contributed by atoms with Crippen LogP contribution in [0.25, 0.3) is 0 Å². The van der Waals surface area contributed by atoms with Gasteiger partial charge in [0.05, 0.1) is 17.8 Å². The number of Topliss-reactive ketones (excluding diaryl/α,β-unsaturated/α-hetero) is 3. The Kier molecular flexibility index (Phi) is 5.77. The molecule has 0 atom stereocenters. The molecule has 1 saturated carbocycles. The van der Waals surface area contributed by atoms with Crippen LogP contribution in [0.15, 0.2) is 10.9 Å². The van der Waals surface area contributed by atoms with Crippen molar-refractivity contribution in [1.29, 1.82) is 0 Å². The van der Waals surface area contributed by atoms with Crippen LogP contribution in [0.3, 0.4) is 0 Å². The van der Waals surface area contributed by atoms with Gasteiger partial charge in [-0.15, -0.1) is 0 Å². The SMILES string of the molecule is Cc1cc(C(=O)C2C(=O)CC(C)(C)CC2=O)c(=O)n(CCC(=O)N(C)C)n1. The summed E-state index contributed by atoms with van der Waals surface area (Å²) in [5.41, 5.74) is -1.01. The molecule has 1 heterocycles. The third kappa shape index (κ3) is 4.56. The molecular formula is C19H25N3O5. The van der Waals surface area contributed by atoms with E-state index in [1.807, 2.05) is 0 Å². The van der Waals surface area contributed by atoms with Crippen LogP contribution in [0.2, 0.25) is 0 Å². The van der Waals surface area contributed by atoms with Crippen LogP contribution < -0.4 is 5.56 Å². The molecule has 1 aromatic heterocycles. The second-order valence-corrected chi connectivity index (χ2v) is 8.01. The lowest BCUT2D eigenvalue weighted by Gasteiger charge is -2.31.